The number of hydrogen-bond donors (Lipinski definition) is 2. The number of hydrogen-bond acceptors (Lipinski definition) is 6. The van der Waals surface area contributed by atoms with E-state index in [1.54, 1.807) is 24.3 Å². The van der Waals surface area contributed by atoms with Crippen LogP contribution in [0.3, 0.4) is 0 Å². The van der Waals surface area contributed by atoms with Crippen molar-refractivity contribution >= 4 is 27.6 Å². The first kappa shape index (κ1) is 27.4. The zero-order chi connectivity index (χ0) is 27.5. The third kappa shape index (κ3) is 6.24. The van der Waals surface area contributed by atoms with Gasteiger partial charge in [0, 0.05) is 25.1 Å². The molecule has 3 aromatic rings. The number of carbonyl (C=O) groups is 1. The van der Waals surface area contributed by atoms with Crippen molar-refractivity contribution in [2.45, 2.75) is 43.8 Å². The van der Waals surface area contributed by atoms with E-state index in [9.17, 15) is 26.4 Å². The van der Waals surface area contributed by atoms with Crippen LogP contribution in [-0.2, 0) is 27.4 Å². The maximum atomic E-state index is 13.8. The number of carboxylic acids is 1. The second-order valence-electron chi connectivity index (χ2n) is 9.09. The van der Waals surface area contributed by atoms with Gasteiger partial charge >= 0.3 is 12.1 Å². The van der Waals surface area contributed by atoms with E-state index < -0.39 is 27.7 Å². The lowest BCUT2D eigenvalue weighted by Crippen LogP contribution is -2.37. The Morgan fingerprint density at radius 2 is 1.87 bits per heavy atom. The largest absolute Gasteiger partial charge is 0.481 e. The van der Waals surface area contributed by atoms with Crippen LogP contribution in [0.25, 0.3) is 11.3 Å². The van der Waals surface area contributed by atoms with Gasteiger partial charge in [0.15, 0.2) is 5.03 Å². The van der Waals surface area contributed by atoms with Crippen molar-refractivity contribution in [3.63, 3.8) is 0 Å². The molecular formula is C26H27F3N4O4S. The monoisotopic (exact) mass is 548 g/mol. The number of sulfonamides is 1. The van der Waals surface area contributed by atoms with Gasteiger partial charge in [-0.15, -0.1) is 0 Å². The molecule has 1 aliphatic rings. The topological polar surface area (TPSA) is 112 Å². The minimum Gasteiger partial charge on any atom is -0.481 e. The molecule has 0 aliphatic carbocycles. The van der Waals surface area contributed by atoms with Gasteiger partial charge in [-0.3, -0.25) is 9.52 Å². The lowest BCUT2D eigenvalue weighted by atomic mass is 9.95. The molecule has 2 aromatic heterocycles. The van der Waals surface area contributed by atoms with Crippen LogP contribution in [0.4, 0.5) is 24.8 Å². The number of aliphatic carboxylic acids is 1. The maximum Gasteiger partial charge on any atom is 0.418 e. The first-order valence-corrected chi connectivity index (χ1v) is 13.6. The Morgan fingerprint density at radius 3 is 2.58 bits per heavy atom. The standard InChI is InChI=1S/C26H27F3N4O4S/c1-2-18-8-3-4-9-19(18)25-20(26(27,28)29)12-13-21(30-25)32-38(36,37)23-11-5-10-22(31-23)33-14-6-7-17(16-33)15-24(34)35/h3-5,8-13,17H,2,6-7,14-16H2,1H3,(H,30,32)(H,34,35)/t17-/m1/s1. The number of pyridine rings is 2. The zero-order valence-corrected chi connectivity index (χ0v) is 21.4. The fourth-order valence-electron chi connectivity index (χ4n) is 4.62. The van der Waals surface area contributed by atoms with Crippen LogP contribution < -0.4 is 9.62 Å². The summed E-state index contributed by atoms with van der Waals surface area (Å²) in [6.45, 7) is 2.83. The smallest absolute Gasteiger partial charge is 0.418 e. The minimum absolute atomic E-state index is 0.0130. The fraction of sp³-hybridized carbons (Fsp3) is 0.346. The Hall–Kier alpha value is -3.67. The van der Waals surface area contributed by atoms with Crippen molar-refractivity contribution in [1.82, 2.24) is 9.97 Å². The molecule has 1 atom stereocenters. The van der Waals surface area contributed by atoms with Crippen LogP contribution in [-0.4, -0.2) is 42.6 Å². The summed E-state index contributed by atoms with van der Waals surface area (Å²) in [5, 5.41) is 8.78. The summed E-state index contributed by atoms with van der Waals surface area (Å²) in [6, 6.07) is 12.8. The first-order chi connectivity index (χ1) is 18.0. The number of halogens is 3. The van der Waals surface area contributed by atoms with Crippen molar-refractivity contribution in [1.29, 1.82) is 0 Å². The number of aryl methyl sites for hydroxylation is 1. The van der Waals surface area contributed by atoms with Crippen LogP contribution in [0.2, 0.25) is 0 Å². The molecule has 0 amide bonds. The molecule has 3 heterocycles. The number of aromatic nitrogens is 2. The Kier molecular flexibility index (Phi) is 7.91. The van der Waals surface area contributed by atoms with Gasteiger partial charge in [-0.1, -0.05) is 37.3 Å². The highest BCUT2D eigenvalue weighted by molar-refractivity contribution is 7.92. The summed E-state index contributed by atoms with van der Waals surface area (Å²) in [5.41, 5.74) is -0.427. The van der Waals surface area contributed by atoms with Gasteiger partial charge in [-0.25, -0.2) is 9.97 Å². The summed E-state index contributed by atoms with van der Waals surface area (Å²) in [6.07, 6.45) is -2.72. The minimum atomic E-state index is -4.69. The molecule has 38 heavy (non-hydrogen) atoms. The lowest BCUT2D eigenvalue weighted by Gasteiger charge is -2.33. The van der Waals surface area contributed by atoms with Crippen LogP contribution in [0.15, 0.2) is 59.6 Å². The normalized spacial score (nSPS) is 16.3. The van der Waals surface area contributed by atoms with E-state index in [0.717, 1.165) is 25.0 Å². The molecular weight excluding hydrogens is 521 g/mol. The molecule has 1 aromatic carbocycles. The molecule has 202 valence electrons. The molecule has 4 rings (SSSR count). The second kappa shape index (κ2) is 11.0. The summed E-state index contributed by atoms with van der Waals surface area (Å²) in [5.74, 6) is -0.871. The van der Waals surface area contributed by atoms with Gasteiger partial charge in [-0.05, 0) is 55.0 Å². The number of anilines is 2. The number of carboxylic acid groups (broad SMARTS) is 1. The number of benzene rings is 1. The second-order valence-corrected chi connectivity index (χ2v) is 10.7. The molecule has 1 saturated heterocycles. The summed E-state index contributed by atoms with van der Waals surface area (Å²) in [7, 11) is -4.30. The average molecular weight is 549 g/mol. The number of alkyl halides is 3. The fourth-order valence-corrected chi connectivity index (χ4v) is 5.58. The van der Waals surface area contributed by atoms with E-state index >= 15 is 0 Å². The predicted octanol–water partition coefficient (Wildman–Crippen LogP) is 5.22. The quantitative estimate of drug-likeness (QED) is 0.397. The predicted molar refractivity (Wildman–Crippen MR) is 136 cm³/mol. The van der Waals surface area contributed by atoms with Crippen molar-refractivity contribution in [3.8, 4) is 11.3 Å². The van der Waals surface area contributed by atoms with E-state index in [0.29, 0.717) is 30.9 Å². The average Bonchev–Trinajstić information content (AvgIpc) is 2.87. The van der Waals surface area contributed by atoms with E-state index in [-0.39, 0.29) is 34.4 Å². The molecule has 12 heteroatoms. The van der Waals surface area contributed by atoms with Gasteiger partial charge in [0.2, 0.25) is 0 Å². The van der Waals surface area contributed by atoms with E-state index in [1.165, 1.54) is 18.2 Å². The van der Waals surface area contributed by atoms with Crippen LogP contribution in [0.1, 0.15) is 37.3 Å². The van der Waals surface area contributed by atoms with Gasteiger partial charge in [0.05, 0.1) is 11.3 Å². The molecule has 0 spiro atoms. The molecule has 2 N–H and O–H groups in total. The van der Waals surface area contributed by atoms with Crippen molar-refractivity contribution in [3.05, 3.63) is 65.7 Å². The molecule has 0 unspecified atom stereocenters. The summed E-state index contributed by atoms with van der Waals surface area (Å²) >= 11 is 0. The molecule has 8 nitrogen and oxygen atoms in total. The van der Waals surface area contributed by atoms with E-state index in [4.69, 9.17) is 5.11 Å². The Labute approximate surface area is 218 Å². The molecule has 0 bridgehead atoms. The summed E-state index contributed by atoms with van der Waals surface area (Å²) in [4.78, 5) is 21.3. The van der Waals surface area contributed by atoms with Crippen molar-refractivity contribution < 1.29 is 31.5 Å². The summed E-state index contributed by atoms with van der Waals surface area (Å²) < 4.78 is 70.0. The molecule has 1 aliphatic heterocycles. The first-order valence-electron chi connectivity index (χ1n) is 12.1. The highest BCUT2D eigenvalue weighted by atomic mass is 32.2. The van der Waals surface area contributed by atoms with E-state index in [1.807, 2.05) is 11.8 Å². The van der Waals surface area contributed by atoms with E-state index in [2.05, 4.69) is 14.7 Å². The van der Waals surface area contributed by atoms with Gasteiger partial charge in [0.1, 0.15) is 11.6 Å². The van der Waals surface area contributed by atoms with Gasteiger partial charge in [-0.2, -0.15) is 21.6 Å². The van der Waals surface area contributed by atoms with Crippen LogP contribution in [0, 0.1) is 5.92 Å². The van der Waals surface area contributed by atoms with Crippen LogP contribution >= 0.6 is 0 Å². The lowest BCUT2D eigenvalue weighted by molar-refractivity contribution is -0.138. The molecule has 0 radical (unpaired) electrons. The number of nitrogens with zero attached hydrogens (tertiary/aromatic N) is 3. The van der Waals surface area contributed by atoms with Gasteiger partial charge in [0.25, 0.3) is 10.0 Å². The third-order valence-electron chi connectivity index (χ3n) is 6.38. The highest BCUT2D eigenvalue weighted by Crippen LogP contribution is 2.38. The zero-order valence-electron chi connectivity index (χ0n) is 20.6. The Balaban J connectivity index is 1.64. The van der Waals surface area contributed by atoms with Crippen molar-refractivity contribution in [2.75, 3.05) is 22.7 Å². The number of rotatable bonds is 8. The Bertz CT molecular complexity index is 1430. The SMILES string of the molecule is CCc1ccccc1-c1nc(NS(=O)(=O)c2cccc(N3CCC[C@H](CC(=O)O)C3)n2)ccc1C(F)(F)F. The van der Waals surface area contributed by atoms with Crippen molar-refractivity contribution in [2.24, 2.45) is 5.92 Å². The maximum absolute atomic E-state index is 13.8. The molecule has 0 saturated carbocycles. The third-order valence-corrected chi connectivity index (χ3v) is 7.64. The Morgan fingerprint density at radius 1 is 1.11 bits per heavy atom. The molecule has 1 fully saturated rings. The number of nitrogens with one attached hydrogen (secondary N) is 1. The highest BCUT2D eigenvalue weighted by Gasteiger charge is 2.35. The number of piperidine rings is 1. The van der Waals surface area contributed by atoms with Crippen LogP contribution in [0.5, 0.6) is 0 Å². The van der Waals surface area contributed by atoms with Gasteiger partial charge < -0.3 is 10.0 Å².